The van der Waals surface area contributed by atoms with Crippen LogP contribution in [0.15, 0.2) is 9.85 Å². The highest BCUT2D eigenvalue weighted by molar-refractivity contribution is 9.11. The number of alkyl halides is 2. The highest BCUT2D eigenvalue weighted by Gasteiger charge is 2.61. The smallest absolute Gasteiger partial charge is 0.282 e. The van der Waals surface area contributed by atoms with Gasteiger partial charge in [-0.2, -0.15) is 0 Å². The number of hydrogen-bond acceptors (Lipinski definition) is 3. The largest absolute Gasteiger partial charge is 0.326 e. The van der Waals surface area contributed by atoms with Crippen molar-refractivity contribution in [1.82, 2.24) is 4.90 Å². The van der Waals surface area contributed by atoms with E-state index in [9.17, 15) is 18.4 Å². The Hall–Kier alpha value is -1.02. The van der Waals surface area contributed by atoms with Crippen molar-refractivity contribution in [1.29, 1.82) is 0 Å². The lowest BCUT2D eigenvalue weighted by Gasteiger charge is -2.38. The van der Waals surface area contributed by atoms with E-state index in [4.69, 9.17) is 0 Å². The minimum absolute atomic E-state index is 0.0181. The van der Waals surface area contributed by atoms with Gasteiger partial charge >= 0.3 is 0 Å². The van der Waals surface area contributed by atoms with Gasteiger partial charge in [-0.05, 0) is 71.9 Å². The Morgan fingerprint density at radius 2 is 1.85 bits per heavy atom. The second-order valence-corrected chi connectivity index (χ2v) is 10.9. The van der Waals surface area contributed by atoms with Crippen molar-refractivity contribution in [3.63, 3.8) is 0 Å². The molecule has 0 radical (unpaired) electrons. The molecule has 0 aromatic carbocycles. The maximum absolute atomic E-state index is 13.2. The molecule has 4 nitrogen and oxygen atoms in total. The summed E-state index contributed by atoms with van der Waals surface area (Å²) in [5.41, 5.74) is 0.0218. The van der Waals surface area contributed by atoms with E-state index >= 15 is 0 Å². The molecule has 5 fully saturated rings. The summed E-state index contributed by atoms with van der Waals surface area (Å²) < 4.78 is 26.9. The molecule has 4 aliphatic carbocycles. The number of likely N-dealkylation sites (tertiary alicyclic amines) is 1. The van der Waals surface area contributed by atoms with Crippen molar-refractivity contribution in [2.24, 2.45) is 23.2 Å². The van der Waals surface area contributed by atoms with Crippen LogP contribution in [0.5, 0.6) is 0 Å². The van der Waals surface area contributed by atoms with Crippen LogP contribution in [0.2, 0.25) is 0 Å². The van der Waals surface area contributed by atoms with E-state index in [1.54, 1.807) is 6.07 Å². The summed E-state index contributed by atoms with van der Waals surface area (Å²) in [5, 5.41) is 3.47. The predicted molar refractivity (Wildman–Crippen MR) is 97.5 cm³/mol. The number of rotatable bonds is 3. The SMILES string of the molecule is O=C(c1cc(Br)sc1NC(=O)C12CC3CC(CC1C3)C2)N1CC(F)(F)C1. The number of carbonyl (C=O) groups is 2. The lowest BCUT2D eigenvalue weighted by molar-refractivity contribution is -0.127. The Labute approximate surface area is 162 Å². The molecule has 4 bridgehead atoms. The third-order valence-electron chi connectivity index (χ3n) is 6.73. The van der Waals surface area contributed by atoms with Gasteiger partial charge in [-0.25, -0.2) is 8.78 Å². The van der Waals surface area contributed by atoms with E-state index in [0.717, 1.165) is 30.6 Å². The number of nitrogens with zero attached hydrogens (tertiary/aromatic N) is 1. The van der Waals surface area contributed by atoms with Crippen LogP contribution in [0.4, 0.5) is 13.8 Å². The lowest BCUT2D eigenvalue weighted by Crippen LogP contribution is -2.58. The first-order valence-electron chi connectivity index (χ1n) is 9.04. The Balaban J connectivity index is 1.37. The molecule has 0 spiro atoms. The molecule has 2 amide bonds. The van der Waals surface area contributed by atoms with Gasteiger partial charge in [0.15, 0.2) is 0 Å². The van der Waals surface area contributed by atoms with Crippen molar-refractivity contribution >= 4 is 44.1 Å². The fraction of sp³-hybridized carbons (Fsp3) is 0.667. The topological polar surface area (TPSA) is 49.4 Å². The van der Waals surface area contributed by atoms with Crippen LogP contribution in [0.25, 0.3) is 0 Å². The summed E-state index contributed by atoms with van der Waals surface area (Å²) in [6, 6.07) is 1.62. The zero-order valence-electron chi connectivity index (χ0n) is 14.1. The summed E-state index contributed by atoms with van der Waals surface area (Å²) in [5.74, 6) is -1.43. The Bertz CT molecular complexity index is 789. The van der Waals surface area contributed by atoms with Crippen LogP contribution in [-0.4, -0.2) is 35.7 Å². The van der Waals surface area contributed by atoms with Gasteiger partial charge in [-0.1, -0.05) is 0 Å². The van der Waals surface area contributed by atoms with E-state index in [-0.39, 0.29) is 11.3 Å². The highest BCUT2D eigenvalue weighted by atomic mass is 79.9. The summed E-state index contributed by atoms with van der Waals surface area (Å²) in [6.45, 7) is -1.11. The van der Waals surface area contributed by atoms with Crippen LogP contribution in [-0.2, 0) is 4.79 Å². The number of nitrogens with one attached hydrogen (secondary N) is 1. The Kier molecular flexibility index (Phi) is 3.62. The van der Waals surface area contributed by atoms with Gasteiger partial charge in [0.05, 0.1) is 27.9 Å². The number of amides is 2. The fourth-order valence-corrected chi connectivity index (χ4v) is 7.32. The van der Waals surface area contributed by atoms with Crippen molar-refractivity contribution in [2.75, 3.05) is 18.4 Å². The molecule has 26 heavy (non-hydrogen) atoms. The van der Waals surface area contributed by atoms with Crippen molar-refractivity contribution < 1.29 is 18.4 Å². The molecule has 1 N–H and O–H groups in total. The molecule has 6 rings (SSSR count). The normalized spacial score (nSPS) is 36.3. The zero-order valence-corrected chi connectivity index (χ0v) is 16.5. The molecule has 1 aromatic heterocycles. The second-order valence-electron chi connectivity index (χ2n) is 8.47. The van der Waals surface area contributed by atoms with E-state index < -0.39 is 24.9 Å². The molecule has 4 saturated carbocycles. The van der Waals surface area contributed by atoms with Crippen LogP contribution < -0.4 is 5.32 Å². The Morgan fingerprint density at radius 3 is 2.46 bits per heavy atom. The van der Waals surface area contributed by atoms with Crippen LogP contribution in [0.3, 0.4) is 0 Å². The summed E-state index contributed by atoms with van der Waals surface area (Å²) >= 11 is 4.63. The minimum Gasteiger partial charge on any atom is -0.326 e. The molecule has 2 atom stereocenters. The number of carbonyl (C=O) groups excluding carboxylic acids is 2. The fourth-order valence-electron chi connectivity index (χ4n) is 5.83. The number of hydrogen-bond donors (Lipinski definition) is 1. The Morgan fingerprint density at radius 1 is 1.19 bits per heavy atom. The molecular weight excluding hydrogens is 426 g/mol. The first-order valence-corrected chi connectivity index (χ1v) is 10.6. The van der Waals surface area contributed by atoms with E-state index in [1.165, 1.54) is 17.8 Å². The van der Waals surface area contributed by atoms with Crippen molar-refractivity contribution in [3.05, 3.63) is 15.4 Å². The summed E-state index contributed by atoms with van der Waals surface area (Å²) in [4.78, 5) is 26.9. The van der Waals surface area contributed by atoms with E-state index in [1.807, 2.05) is 0 Å². The van der Waals surface area contributed by atoms with Gasteiger partial charge < -0.3 is 10.2 Å². The van der Waals surface area contributed by atoms with Crippen LogP contribution >= 0.6 is 27.3 Å². The van der Waals surface area contributed by atoms with Gasteiger partial charge in [-0.3, -0.25) is 9.59 Å². The number of thiophene rings is 1. The molecule has 140 valence electrons. The van der Waals surface area contributed by atoms with Gasteiger partial charge in [0.25, 0.3) is 11.8 Å². The van der Waals surface area contributed by atoms with Crippen LogP contribution in [0.1, 0.15) is 42.5 Å². The predicted octanol–water partition coefficient (Wildman–Crippen LogP) is 4.37. The molecule has 1 aromatic rings. The average molecular weight is 445 g/mol. The minimum atomic E-state index is -2.80. The van der Waals surface area contributed by atoms with E-state index in [2.05, 4.69) is 21.2 Å². The first-order chi connectivity index (χ1) is 12.3. The second kappa shape index (κ2) is 5.50. The highest BCUT2D eigenvalue weighted by Crippen LogP contribution is 2.65. The molecular formula is C18H19BrF2N2O2S. The maximum Gasteiger partial charge on any atom is 0.282 e. The zero-order chi connectivity index (χ0) is 18.3. The van der Waals surface area contributed by atoms with Gasteiger partial charge in [0.1, 0.15) is 5.00 Å². The monoisotopic (exact) mass is 444 g/mol. The average Bonchev–Trinajstić information content (AvgIpc) is 3.11. The third kappa shape index (κ3) is 2.47. The third-order valence-corrected chi connectivity index (χ3v) is 8.29. The van der Waals surface area contributed by atoms with Crippen molar-refractivity contribution in [2.45, 2.75) is 38.0 Å². The number of anilines is 1. The molecule has 8 heteroatoms. The molecule has 5 aliphatic rings. The first kappa shape index (κ1) is 17.1. The quantitative estimate of drug-likeness (QED) is 0.752. The van der Waals surface area contributed by atoms with Crippen molar-refractivity contribution in [3.8, 4) is 0 Å². The van der Waals surface area contributed by atoms with Gasteiger partial charge in [-0.15, -0.1) is 11.3 Å². The standard InChI is InChI=1S/C18H19BrF2N2O2S/c19-13-4-12(15(24)23-7-18(20,21)8-23)14(26-13)22-16(25)17-5-9-1-10(6-17)3-11(17)2-9/h4,9-11H,1-3,5-8H2,(H,22,25). The lowest BCUT2D eigenvalue weighted by atomic mass is 9.75. The number of halogens is 3. The van der Waals surface area contributed by atoms with Crippen LogP contribution in [0, 0.1) is 23.2 Å². The molecule has 2 heterocycles. The molecule has 1 aliphatic heterocycles. The maximum atomic E-state index is 13.2. The van der Waals surface area contributed by atoms with Gasteiger partial charge in [0.2, 0.25) is 5.91 Å². The summed E-state index contributed by atoms with van der Waals surface area (Å²) in [6.07, 6.45) is 5.45. The van der Waals surface area contributed by atoms with E-state index in [0.29, 0.717) is 32.1 Å². The summed E-state index contributed by atoms with van der Waals surface area (Å²) in [7, 11) is 0. The molecule has 1 saturated heterocycles. The molecule has 2 unspecified atom stereocenters. The van der Waals surface area contributed by atoms with Gasteiger partial charge in [0, 0.05) is 0 Å².